The summed E-state index contributed by atoms with van der Waals surface area (Å²) in [7, 11) is 3.15. The van der Waals surface area contributed by atoms with Gasteiger partial charge in [-0.15, -0.1) is 0 Å². The van der Waals surface area contributed by atoms with Crippen molar-refractivity contribution in [1.82, 2.24) is 5.32 Å². The van der Waals surface area contributed by atoms with Gasteiger partial charge in [0.2, 0.25) is 0 Å². The first-order valence-corrected chi connectivity index (χ1v) is 6.32. The van der Waals surface area contributed by atoms with Crippen LogP contribution in [0.25, 0.3) is 0 Å². The minimum Gasteiger partial charge on any atom is -0.497 e. The molecule has 18 heavy (non-hydrogen) atoms. The van der Waals surface area contributed by atoms with Crippen molar-refractivity contribution in [1.29, 1.82) is 0 Å². The number of nitrogens with one attached hydrogen (secondary N) is 1. The van der Waals surface area contributed by atoms with Gasteiger partial charge in [-0.1, -0.05) is 0 Å². The number of halogens is 1. The summed E-state index contributed by atoms with van der Waals surface area (Å²) >= 11 is 0. The third kappa shape index (κ3) is 2.93. The predicted octanol–water partition coefficient (Wildman–Crippen LogP) is 2.71. The Balaban J connectivity index is 2.19. The average Bonchev–Trinajstić information content (AvgIpc) is 2.46. The third-order valence-corrected chi connectivity index (χ3v) is 3.44. The molecule has 0 aliphatic carbocycles. The van der Waals surface area contributed by atoms with Crippen molar-refractivity contribution in [3.63, 3.8) is 0 Å². The molecule has 1 heterocycles. The molecule has 1 N–H and O–H groups in total. The number of piperidine rings is 1. The summed E-state index contributed by atoms with van der Waals surface area (Å²) in [6, 6.07) is 5.26. The molecule has 1 aliphatic heterocycles. The van der Waals surface area contributed by atoms with E-state index >= 15 is 0 Å². The number of hydrogen-bond acceptors (Lipinski definition) is 3. The Morgan fingerprint density at radius 2 is 1.89 bits per heavy atom. The monoisotopic (exact) mass is 253 g/mol. The highest BCUT2D eigenvalue weighted by Gasteiger charge is 2.25. The highest BCUT2D eigenvalue weighted by molar-refractivity contribution is 5.39. The number of alkyl halides is 1. The molecule has 2 atom stereocenters. The first-order valence-electron chi connectivity index (χ1n) is 6.32. The molecule has 0 aromatic heterocycles. The van der Waals surface area contributed by atoms with E-state index in [0.29, 0.717) is 17.1 Å². The maximum Gasteiger partial charge on any atom is 0.129 e. The van der Waals surface area contributed by atoms with Gasteiger partial charge in [-0.3, -0.25) is 0 Å². The van der Waals surface area contributed by atoms with Gasteiger partial charge in [0.05, 0.1) is 14.2 Å². The predicted molar refractivity (Wildman–Crippen MR) is 69.0 cm³/mol. The Morgan fingerprint density at radius 3 is 2.39 bits per heavy atom. The molecule has 0 spiro atoms. The van der Waals surface area contributed by atoms with Crippen LogP contribution >= 0.6 is 0 Å². The van der Waals surface area contributed by atoms with Crippen LogP contribution in [-0.2, 0) is 0 Å². The minimum absolute atomic E-state index is 0.0376. The number of benzene rings is 1. The van der Waals surface area contributed by atoms with Crippen LogP contribution in [0.15, 0.2) is 18.2 Å². The average molecular weight is 253 g/mol. The van der Waals surface area contributed by atoms with Crippen molar-refractivity contribution in [2.45, 2.75) is 19.0 Å². The first kappa shape index (κ1) is 13.1. The summed E-state index contributed by atoms with van der Waals surface area (Å²) in [5, 5.41) is 3.24. The zero-order chi connectivity index (χ0) is 13.0. The van der Waals surface area contributed by atoms with Gasteiger partial charge < -0.3 is 14.8 Å². The molecule has 100 valence electrons. The molecule has 0 bridgehead atoms. The van der Waals surface area contributed by atoms with Crippen molar-refractivity contribution in [3.05, 3.63) is 23.8 Å². The van der Waals surface area contributed by atoms with Crippen molar-refractivity contribution < 1.29 is 13.9 Å². The fourth-order valence-electron chi connectivity index (χ4n) is 2.39. The smallest absolute Gasteiger partial charge is 0.129 e. The molecule has 0 amide bonds. The Bertz CT molecular complexity index is 369. The van der Waals surface area contributed by atoms with Crippen molar-refractivity contribution in [2.75, 3.05) is 27.3 Å². The van der Waals surface area contributed by atoms with Crippen LogP contribution in [0.1, 0.15) is 24.6 Å². The van der Waals surface area contributed by atoms with Crippen LogP contribution in [0.2, 0.25) is 0 Å². The van der Waals surface area contributed by atoms with E-state index in [0.717, 1.165) is 25.9 Å². The van der Waals surface area contributed by atoms with Gasteiger partial charge in [0, 0.05) is 18.5 Å². The van der Waals surface area contributed by atoms with Gasteiger partial charge in [0.1, 0.15) is 17.7 Å². The van der Waals surface area contributed by atoms with Crippen LogP contribution in [0.5, 0.6) is 11.5 Å². The molecule has 1 fully saturated rings. The molecule has 3 nitrogen and oxygen atoms in total. The van der Waals surface area contributed by atoms with Crippen LogP contribution in [0.4, 0.5) is 4.39 Å². The molecule has 0 radical (unpaired) electrons. The van der Waals surface area contributed by atoms with Gasteiger partial charge in [0.15, 0.2) is 0 Å². The van der Waals surface area contributed by atoms with Gasteiger partial charge in [0.25, 0.3) is 0 Å². The second kappa shape index (κ2) is 6.05. The largest absolute Gasteiger partial charge is 0.497 e. The molecular weight excluding hydrogens is 233 g/mol. The summed E-state index contributed by atoms with van der Waals surface area (Å²) in [5.41, 5.74) is 0.639. The summed E-state index contributed by atoms with van der Waals surface area (Å²) in [4.78, 5) is 0. The Hall–Kier alpha value is -1.29. The molecule has 4 heteroatoms. The van der Waals surface area contributed by atoms with Crippen LogP contribution < -0.4 is 14.8 Å². The minimum atomic E-state index is -0.971. The summed E-state index contributed by atoms with van der Waals surface area (Å²) in [5.74, 6) is 1.31. The Labute approximate surface area is 107 Å². The Kier molecular flexibility index (Phi) is 4.42. The molecule has 0 saturated carbocycles. The fourth-order valence-corrected chi connectivity index (χ4v) is 2.39. The molecule has 2 unspecified atom stereocenters. The number of ether oxygens (including phenoxy) is 2. The highest BCUT2D eigenvalue weighted by Crippen LogP contribution is 2.34. The van der Waals surface area contributed by atoms with E-state index in [1.807, 2.05) is 0 Å². The van der Waals surface area contributed by atoms with Crippen LogP contribution in [0, 0.1) is 5.92 Å². The van der Waals surface area contributed by atoms with Crippen LogP contribution in [0.3, 0.4) is 0 Å². The topological polar surface area (TPSA) is 30.5 Å². The number of hydrogen-bond donors (Lipinski definition) is 1. The van der Waals surface area contributed by atoms with E-state index < -0.39 is 6.17 Å². The lowest BCUT2D eigenvalue weighted by molar-refractivity contribution is 0.193. The van der Waals surface area contributed by atoms with Crippen molar-refractivity contribution >= 4 is 0 Å². The summed E-state index contributed by atoms with van der Waals surface area (Å²) < 4.78 is 24.8. The highest BCUT2D eigenvalue weighted by atomic mass is 19.1. The number of rotatable bonds is 4. The molecule has 1 saturated heterocycles. The SMILES string of the molecule is COc1cc(OC)cc(C(F)C2CCCNC2)c1. The lowest BCUT2D eigenvalue weighted by Gasteiger charge is -2.26. The lowest BCUT2D eigenvalue weighted by atomic mass is 9.90. The quantitative estimate of drug-likeness (QED) is 0.895. The van der Waals surface area contributed by atoms with E-state index in [1.165, 1.54) is 0 Å². The Morgan fingerprint density at radius 1 is 1.22 bits per heavy atom. The fraction of sp³-hybridized carbons (Fsp3) is 0.571. The van der Waals surface area contributed by atoms with E-state index in [9.17, 15) is 4.39 Å². The van der Waals surface area contributed by atoms with E-state index in [-0.39, 0.29) is 5.92 Å². The van der Waals surface area contributed by atoms with Gasteiger partial charge in [-0.25, -0.2) is 4.39 Å². The van der Waals surface area contributed by atoms with E-state index in [1.54, 1.807) is 32.4 Å². The maximum absolute atomic E-state index is 14.5. The normalized spacial score (nSPS) is 21.4. The zero-order valence-corrected chi connectivity index (χ0v) is 10.9. The van der Waals surface area contributed by atoms with Gasteiger partial charge in [-0.2, -0.15) is 0 Å². The van der Waals surface area contributed by atoms with E-state index in [2.05, 4.69) is 5.32 Å². The molecule has 1 aliphatic rings. The van der Waals surface area contributed by atoms with Gasteiger partial charge in [-0.05, 0) is 37.1 Å². The number of methoxy groups -OCH3 is 2. The second-order valence-corrected chi connectivity index (χ2v) is 4.65. The molecule has 1 aromatic rings. The van der Waals surface area contributed by atoms with Gasteiger partial charge >= 0.3 is 0 Å². The standard InChI is InChI=1S/C14H20FNO2/c1-17-12-6-11(7-13(8-12)18-2)14(15)10-4-3-5-16-9-10/h6-8,10,14,16H,3-5,9H2,1-2H3. The summed E-state index contributed by atoms with van der Waals surface area (Å²) in [6.45, 7) is 1.73. The summed E-state index contributed by atoms with van der Waals surface area (Å²) in [6.07, 6.45) is 0.988. The second-order valence-electron chi connectivity index (χ2n) is 4.65. The maximum atomic E-state index is 14.5. The van der Waals surface area contributed by atoms with E-state index in [4.69, 9.17) is 9.47 Å². The third-order valence-electron chi connectivity index (χ3n) is 3.44. The molecular formula is C14H20FNO2. The molecule has 2 rings (SSSR count). The van der Waals surface area contributed by atoms with Crippen molar-refractivity contribution in [3.8, 4) is 11.5 Å². The van der Waals surface area contributed by atoms with Crippen molar-refractivity contribution in [2.24, 2.45) is 5.92 Å². The first-order chi connectivity index (χ1) is 8.74. The lowest BCUT2D eigenvalue weighted by Crippen LogP contribution is -2.32. The molecule has 1 aromatic carbocycles. The zero-order valence-electron chi connectivity index (χ0n) is 10.9. The van der Waals surface area contributed by atoms with Crippen LogP contribution in [-0.4, -0.2) is 27.3 Å².